The maximum absolute atomic E-state index is 13.3. The number of benzene rings is 5. The minimum Gasteiger partial charge on any atom is -0.465 e. The number of hydrogen-bond acceptors (Lipinski definition) is 4. The van der Waals surface area contributed by atoms with Crippen LogP contribution in [0.1, 0.15) is 25.0 Å². The van der Waals surface area contributed by atoms with E-state index in [-0.39, 0.29) is 13.2 Å². The van der Waals surface area contributed by atoms with Gasteiger partial charge in [-0.15, -0.1) is 0 Å². The fourth-order valence-electron chi connectivity index (χ4n) is 6.37. The van der Waals surface area contributed by atoms with Crippen molar-refractivity contribution in [1.29, 1.82) is 0 Å². The van der Waals surface area contributed by atoms with Crippen LogP contribution in [0.4, 0.5) is 0 Å². The Balaban J connectivity index is 1.62. The second kappa shape index (κ2) is 6.22. The van der Waals surface area contributed by atoms with E-state index in [1.807, 2.05) is 0 Å². The summed E-state index contributed by atoms with van der Waals surface area (Å²) in [4.78, 5) is 26.5. The van der Waals surface area contributed by atoms with Crippen LogP contribution in [-0.2, 0) is 31.9 Å². The third kappa shape index (κ3) is 2.16. The molecule has 6 aromatic rings. The molecular weight excluding hydrogens is 412 g/mol. The molecule has 6 aromatic carbocycles. The zero-order valence-electron chi connectivity index (χ0n) is 18.6. The van der Waals surface area contributed by atoms with Gasteiger partial charge in [-0.05, 0) is 78.8 Å². The maximum atomic E-state index is 13.3. The Hall–Kier alpha value is -3.66. The van der Waals surface area contributed by atoms with Crippen LogP contribution in [-0.4, -0.2) is 25.2 Å². The summed E-state index contributed by atoms with van der Waals surface area (Å²) >= 11 is 0. The van der Waals surface area contributed by atoms with Crippen molar-refractivity contribution in [2.75, 3.05) is 13.2 Å². The smallest absolute Gasteiger partial charge is 0.324 e. The Labute approximate surface area is 190 Å². The highest BCUT2D eigenvalue weighted by Gasteiger charge is 2.51. The van der Waals surface area contributed by atoms with Crippen LogP contribution in [0.5, 0.6) is 0 Å². The predicted molar refractivity (Wildman–Crippen MR) is 131 cm³/mol. The summed E-state index contributed by atoms with van der Waals surface area (Å²) in [5.74, 6) is -0.988. The first-order chi connectivity index (χ1) is 16.1. The van der Waals surface area contributed by atoms with Gasteiger partial charge in [0.15, 0.2) is 5.41 Å². The topological polar surface area (TPSA) is 52.6 Å². The molecule has 4 heteroatoms. The molecule has 0 amide bonds. The van der Waals surface area contributed by atoms with Gasteiger partial charge >= 0.3 is 11.9 Å². The van der Waals surface area contributed by atoms with Crippen molar-refractivity contribution in [1.82, 2.24) is 0 Å². The number of ether oxygens (including phenoxy) is 2. The van der Waals surface area contributed by atoms with Crippen molar-refractivity contribution in [3.63, 3.8) is 0 Å². The van der Waals surface area contributed by atoms with E-state index in [4.69, 9.17) is 9.47 Å². The number of rotatable bonds is 4. The highest BCUT2D eigenvalue weighted by atomic mass is 16.6. The quantitative estimate of drug-likeness (QED) is 0.195. The Bertz CT molecular complexity index is 1600. The van der Waals surface area contributed by atoms with Gasteiger partial charge in [0.05, 0.1) is 13.2 Å². The molecule has 0 atom stereocenters. The lowest BCUT2D eigenvalue weighted by Gasteiger charge is -2.34. The summed E-state index contributed by atoms with van der Waals surface area (Å²) in [7, 11) is 0. The van der Waals surface area contributed by atoms with E-state index in [0.29, 0.717) is 12.8 Å². The van der Waals surface area contributed by atoms with Crippen LogP contribution >= 0.6 is 0 Å². The molecule has 0 radical (unpaired) electrons. The molecule has 0 N–H and O–H groups in total. The lowest BCUT2D eigenvalue weighted by Crippen LogP contribution is -2.47. The van der Waals surface area contributed by atoms with Crippen LogP contribution < -0.4 is 0 Å². The minimum absolute atomic E-state index is 0.225. The second-order valence-electron chi connectivity index (χ2n) is 9.29. The number of hydrogen-bond donors (Lipinski definition) is 0. The van der Waals surface area contributed by atoms with E-state index in [2.05, 4.69) is 48.5 Å². The van der Waals surface area contributed by atoms with Crippen LogP contribution in [0.2, 0.25) is 0 Å². The average molecular weight is 434 g/mol. The zero-order chi connectivity index (χ0) is 22.5. The normalized spacial score (nSPS) is 15.5. The van der Waals surface area contributed by atoms with E-state index in [1.165, 1.54) is 43.1 Å². The Morgan fingerprint density at radius 3 is 1.45 bits per heavy atom. The fraction of sp³-hybridized carbons (Fsp3) is 0.241. The van der Waals surface area contributed by atoms with Crippen molar-refractivity contribution in [3.05, 3.63) is 59.7 Å². The third-order valence-electron chi connectivity index (χ3n) is 7.60. The lowest BCUT2D eigenvalue weighted by atomic mass is 9.69. The number of carbonyl (C=O) groups excluding carboxylic acids is 2. The molecule has 1 aliphatic rings. The molecule has 0 unspecified atom stereocenters. The van der Waals surface area contributed by atoms with Gasteiger partial charge in [-0.1, -0.05) is 48.5 Å². The molecule has 0 saturated carbocycles. The first-order valence-corrected chi connectivity index (χ1v) is 11.6. The molecule has 0 aliphatic heterocycles. The van der Waals surface area contributed by atoms with E-state index < -0.39 is 17.4 Å². The van der Waals surface area contributed by atoms with E-state index >= 15 is 0 Å². The summed E-state index contributed by atoms with van der Waals surface area (Å²) in [6, 6.07) is 17.4. The van der Waals surface area contributed by atoms with Crippen LogP contribution in [0.3, 0.4) is 0 Å². The SMILES string of the molecule is CCOC(=O)C1(C(=O)OCC)Cc2cc3ccc4ccc5ccc6cc(c2c2c3c4c5c62)C1. The van der Waals surface area contributed by atoms with E-state index in [9.17, 15) is 9.59 Å². The maximum Gasteiger partial charge on any atom is 0.324 e. The van der Waals surface area contributed by atoms with E-state index in [0.717, 1.165) is 21.9 Å². The van der Waals surface area contributed by atoms with Crippen molar-refractivity contribution in [2.24, 2.45) is 5.41 Å². The molecule has 1 aliphatic carbocycles. The predicted octanol–water partition coefficient (Wildman–Crippen LogP) is 5.98. The minimum atomic E-state index is -1.36. The highest BCUT2D eigenvalue weighted by Crippen LogP contribution is 2.52. The third-order valence-corrected chi connectivity index (χ3v) is 7.60. The second-order valence-corrected chi connectivity index (χ2v) is 9.29. The van der Waals surface area contributed by atoms with Gasteiger partial charge in [-0.25, -0.2) is 0 Å². The molecule has 0 fully saturated rings. The van der Waals surface area contributed by atoms with Gasteiger partial charge in [0.1, 0.15) is 0 Å². The van der Waals surface area contributed by atoms with Gasteiger partial charge in [0.2, 0.25) is 0 Å². The summed E-state index contributed by atoms with van der Waals surface area (Å²) in [5, 5.41) is 12.5. The molecule has 162 valence electrons. The molecule has 0 saturated heterocycles. The Morgan fingerprint density at radius 2 is 1.03 bits per heavy atom. The largest absolute Gasteiger partial charge is 0.465 e. The summed E-state index contributed by atoms with van der Waals surface area (Å²) in [6.07, 6.45) is 0.583. The van der Waals surface area contributed by atoms with E-state index in [1.54, 1.807) is 13.8 Å². The summed E-state index contributed by atoms with van der Waals surface area (Å²) in [6.45, 7) is 3.99. The molecule has 0 aromatic heterocycles. The molecule has 0 heterocycles. The van der Waals surface area contributed by atoms with Crippen LogP contribution in [0.25, 0.3) is 53.9 Å². The van der Waals surface area contributed by atoms with Crippen molar-refractivity contribution in [2.45, 2.75) is 26.7 Å². The Morgan fingerprint density at radius 1 is 0.636 bits per heavy atom. The van der Waals surface area contributed by atoms with Crippen molar-refractivity contribution >= 4 is 65.8 Å². The van der Waals surface area contributed by atoms with Gasteiger partial charge in [-0.3, -0.25) is 9.59 Å². The molecule has 7 rings (SSSR count). The number of esters is 2. The Kier molecular flexibility index (Phi) is 3.56. The van der Waals surface area contributed by atoms with Gasteiger partial charge in [-0.2, -0.15) is 0 Å². The average Bonchev–Trinajstić information content (AvgIpc) is 3.19. The van der Waals surface area contributed by atoms with Gasteiger partial charge in [0.25, 0.3) is 0 Å². The molecule has 0 bridgehead atoms. The molecule has 33 heavy (non-hydrogen) atoms. The lowest BCUT2D eigenvalue weighted by molar-refractivity contribution is -0.172. The highest BCUT2D eigenvalue weighted by molar-refractivity contribution is 6.45. The monoisotopic (exact) mass is 434 g/mol. The van der Waals surface area contributed by atoms with Crippen LogP contribution in [0, 0.1) is 5.41 Å². The zero-order valence-corrected chi connectivity index (χ0v) is 18.6. The van der Waals surface area contributed by atoms with Crippen molar-refractivity contribution < 1.29 is 19.1 Å². The molecular formula is C29H22O4. The standard InChI is InChI=1S/C29H22O4/c1-3-32-27(30)29(28(31)33-4-2)13-19-11-17-9-7-15-5-6-16-8-10-18-12-20(14-29)21(19)26-24(17)22(15)23(16)25(18)26/h5-12H,3-4,13-14H2,1-2H3. The molecule has 0 spiro atoms. The summed E-state index contributed by atoms with van der Waals surface area (Å²) < 4.78 is 10.9. The van der Waals surface area contributed by atoms with Gasteiger partial charge in [0, 0.05) is 12.8 Å². The van der Waals surface area contributed by atoms with Gasteiger partial charge < -0.3 is 9.47 Å². The van der Waals surface area contributed by atoms with Crippen molar-refractivity contribution in [3.8, 4) is 0 Å². The number of carbonyl (C=O) groups is 2. The first kappa shape index (κ1) is 18.9. The van der Waals surface area contributed by atoms with Crippen LogP contribution in [0.15, 0.2) is 48.5 Å². The summed E-state index contributed by atoms with van der Waals surface area (Å²) in [5.41, 5.74) is 0.680. The first-order valence-electron chi connectivity index (χ1n) is 11.6. The molecule has 4 nitrogen and oxygen atoms in total. The fourth-order valence-corrected chi connectivity index (χ4v) is 6.37.